The molecule has 1 aromatic heterocycles. The van der Waals surface area contributed by atoms with E-state index in [1.807, 2.05) is 17.4 Å². The molecule has 1 N–H and O–H groups in total. The number of aryl methyl sites for hydroxylation is 1. The van der Waals surface area contributed by atoms with Crippen molar-refractivity contribution >= 4 is 11.3 Å². The van der Waals surface area contributed by atoms with Gasteiger partial charge in [-0.05, 0) is 30.0 Å². The van der Waals surface area contributed by atoms with E-state index >= 15 is 0 Å². The number of ether oxygens (including phenoxy) is 2. The number of para-hydroxylation sites is 1. The van der Waals surface area contributed by atoms with E-state index < -0.39 is 0 Å². The Hall–Kier alpha value is -1.56. The number of rotatable bonds is 5. The van der Waals surface area contributed by atoms with Gasteiger partial charge in [-0.2, -0.15) is 0 Å². The Balaban J connectivity index is 2.10. The maximum absolute atomic E-state index is 5.71. The lowest BCUT2D eigenvalue weighted by Crippen LogP contribution is -2.45. The molecule has 23 heavy (non-hydrogen) atoms. The van der Waals surface area contributed by atoms with Crippen molar-refractivity contribution in [3.05, 3.63) is 45.6 Å². The Morgan fingerprint density at radius 2 is 1.91 bits per heavy atom. The first-order valence-electron chi connectivity index (χ1n) is 7.96. The highest BCUT2D eigenvalue weighted by atomic mass is 32.1. The largest absolute Gasteiger partial charge is 0.493 e. The molecule has 1 aromatic carbocycles. The van der Waals surface area contributed by atoms with E-state index in [1.165, 1.54) is 16.0 Å². The molecule has 1 aliphatic rings. The van der Waals surface area contributed by atoms with E-state index in [2.05, 4.69) is 40.7 Å². The quantitative estimate of drug-likeness (QED) is 0.912. The van der Waals surface area contributed by atoms with Gasteiger partial charge in [0.2, 0.25) is 0 Å². The van der Waals surface area contributed by atoms with Gasteiger partial charge in [0, 0.05) is 36.6 Å². The van der Waals surface area contributed by atoms with Gasteiger partial charge in [-0.25, -0.2) is 0 Å². The van der Waals surface area contributed by atoms with Crippen molar-refractivity contribution in [1.29, 1.82) is 0 Å². The highest BCUT2D eigenvalue weighted by molar-refractivity contribution is 7.10. The summed E-state index contributed by atoms with van der Waals surface area (Å²) >= 11 is 1.82. The minimum absolute atomic E-state index is 0.210. The number of methoxy groups -OCH3 is 2. The summed E-state index contributed by atoms with van der Waals surface area (Å²) in [5.41, 5.74) is 2.52. The van der Waals surface area contributed by atoms with Gasteiger partial charge in [0.05, 0.1) is 20.3 Å². The summed E-state index contributed by atoms with van der Waals surface area (Å²) in [6.07, 6.45) is 0. The summed E-state index contributed by atoms with van der Waals surface area (Å²) in [4.78, 5) is 3.92. The zero-order valence-corrected chi connectivity index (χ0v) is 14.8. The summed E-state index contributed by atoms with van der Waals surface area (Å²) in [6.45, 7) is 6.29. The van der Waals surface area contributed by atoms with Gasteiger partial charge in [0.25, 0.3) is 0 Å². The lowest BCUT2D eigenvalue weighted by Gasteiger charge is -2.36. The molecule has 1 saturated heterocycles. The van der Waals surface area contributed by atoms with Gasteiger partial charge >= 0.3 is 0 Å². The normalized spacial score (nSPS) is 17.0. The van der Waals surface area contributed by atoms with Crippen LogP contribution in [0, 0.1) is 6.92 Å². The van der Waals surface area contributed by atoms with Gasteiger partial charge in [-0.1, -0.05) is 12.1 Å². The zero-order chi connectivity index (χ0) is 16.2. The Morgan fingerprint density at radius 1 is 1.13 bits per heavy atom. The van der Waals surface area contributed by atoms with Gasteiger partial charge < -0.3 is 14.8 Å². The molecule has 1 unspecified atom stereocenters. The highest BCUT2D eigenvalue weighted by Gasteiger charge is 2.29. The Kier molecular flexibility index (Phi) is 5.20. The Morgan fingerprint density at radius 3 is 2.52 bits per heavy atom. The van der Waals surface area contributed by atoms with E-state index in [4.69, 9.17) is 9.47 Å². The van der Waals surface area contributed by atoms with Crippen LogP contribution in [0.15, 0.2) is 29.6 Å². The van der Waals surface area contributed by atoms with Gasteiger partial charge in [0.1, 0.15) is 0 Å². The second kappa shape index (κ2) is 7.34. The van der Waals surface area contributed by atoms with E-state index in [1.54, 1.807) is 14.2 Å². The lowest BCUT2D eigenvalue weighted by molar-refractivity contribution is 0.196. The van der Waals surface area contributed by atoms with Gasteiger partial charge in [0.15, 0.2) is 11.5 Å². The molecule has 2 aromatic rings. The third kappa shape index (κ3) is 3.22. The Bertz CT molecular complexity index is 650. The smallest absolute Gasteiger partial charge is 0.165 e. The molecule has 0 spiro atoms. The van der Waals surface area contributed by atoms with Crippen LogP contribution in [0.1, 0.15) is 22.0 Å². The first-order chi connectivity index (χ1) is 11.3. The fourth-order valence-corrected chi connectivity index (χ4v) is 4.31. The van der Waals surface area contributed by atoms with Crippen molar-refractivity contribution in [2.75, 3.05) is 40.4 Å². The third-order valence-electron chi connectivity index (χ3n) is 4.39. The van der Waals surface area contributed by atoms with Crippen molar-refractivity contribution in [2.24, 2.45) is 0 Å². The van der Waals surface area contributed by atoms with Gasteiger partial charge in [-0.3, -0.25) is 4.90 Å². The van der Waals surface area contributed by atoms with Crippen LogP contribution in [0.4, 0.5) is 0 Å². The van der Waals surface area contributed by atoms with E-state index in [9.17, 15) is 0 Å². The standard InChI is InChI=1S/C18H24N2O2S/c1-13-7-12-23-18(13)16(20-10-8-19-9-11-20)14-5-4-6-15(21-2)17(14)22-3/h4-7,12,16,19H,8-11H2,1-3H3. The molecule has 1 atom stereocenters. The zero-order valence-electron chi connectivity index (χ0n) is 14.0. The molecular formula is C18H24N2O2S. The SMILES string of the molecule is COc1cccc(C(c2sccc2C)N2CCNCC2)c1OC. The van der Waals surface area contributed by atoms with Gasteiger partial charge in [-0.15, -0.1) is 11.3 Å². The molecule has 1 fully saturated rings. The fraction of sp³-hybridized carbons (Fsp3) is 0.444. The molecule has 0 radical (unpaired) electrons. The maximum atomic E-state index is 5.71. The van der Waals surface area contributed by atoms with Crippen LogP contribution in [0.25, 0.3) is 0 Å². The molecule has 3 rings (SSSR count). The van der Waals surface area contributed by atoms with Crippen molar-refractivity contribution in [1.82, 2.24) is 10.2 Å². The predicted octanol–water partition coefficient (Wildman–Crippen LogP) is 3.07. The first kappa shape index (κ1) is 16.3. The molecule has 2 heterocycles. The van der Waals surface area contributed by atoms with Crippen LogP contribution < -0.4 is 14.8 Å². The molecule has 4 nitrogen and oxygen atoms in total. The number of hydrogen-bond donors (Lipinski definition) is 1. The third-order valence-corrected chi connectivity index (χ3v) is 5.47. The minimum Gasteiger partial charge on any atom is -0.493 e. The molecule has 0 bridgehead atoms. The number of benzene rings is 1. The summed E-state index contributed by atoms with van der Waals surface area (Å²) in [7, 11) is 3.41. The molecule has 0 saturated carbocycles. The highest BCUT2D eigenvalue weighted by Crippen LogP contribution is 2.42. The number of hydrogen-bond acceptors (Lipinski definition) is 5. The predicted molar refractivity (Wildman–Crippen MR) is 94.9 cm³/mol. The summed E-state index contributed by atoms with van der Waals surface area (Å²) in [5, 5.41) is 5.61. The van der Waals surface area contributed by atoms with Crippen molar-refractivity contribution in [2.45, 2.75) is 13.0 Å². The second-order valence-electron chi connectivity index (χ2n) is 5.74. The monoisotopic (exact) mass is 332 g/mol. The molecule has 124 valence electrons. The molecule has 1 aliphatic heterocycles. The molecular weight excluding hydrogens is 308 g/mol. The van der Waals surface area contributed by atoms with E-state index in [0.717, 1.165) is 37.7 Å². The van der Waals surface area contributed by atoms with Crippen LogP contribution in [0.5, 0.6) is 11.5 Å². The summed E-state index contributed by atoms with van der Waals surface area (Å²) in [5.74, 6) is 1.63. The van der Waals surface area contributed by atoms with Crippen molar-refractivity contribution < 1.29 is 9.47 Å². The average Bonchev–Trinajstić information content (AvgIpc) is 3.01. The maximum Gasteiger partial charge on any atom is 0.165 e. The topological polar surface area (TPSA) is 33.7 Å². The van der Waals surface area contributed by atoms with Crippen LogP contribution in [0.2, 0.25) is 0 Å². The first-order valence-corrected chi connectivity index (χ1v) is 8.84. The van der Waals surface area contributed by atoms with Crippen LogP contribution in [0.3, 0.4) is 0 Å². The van der Waals surface area contributed by atoms with Crippen LogP contribution in [-0.2, 0) is 0 Å². The van der Waals surface area contributed by atoms with Crippen LogP contribution >= 0.6 is 11.3 Å². The fourth-order valence-electron chi connectivity index (χ4n) is 3.24. The van der Waals surface area contributed by atoms with Crippen molar-refractivity contribution in [3.63, 3.8) is 0 Å². The molecule has 5 heteroatoms. The van der Waals surface area contributed by atoms with Crippen LogP contribution in [-0.4, -0.2) is 45.3 Å². The molecule has 0 amide bonds. The van der Waals surface area contributed by atoms with E-state index in [-0.39, 0.29) is 6.04 Å². The average molecular weight is 332 g/mol. The molecule has 0 aliphatic carbocycles. The number of nitrogens with zero attached hydrogens (tertiary/aromatic N) is 1. The number of nitrogens with one attached hydrogen (secondary N) is 1. The van der Waals surface area contributed by atoms with Crippen molar-refractivity contribution in [3.8, 4) is 11.5 Å². The Labute approximate surface area is 142 Å². The second-order valence-corrected chi connectivity index (χ2v) is 6.69. The van der Waals surface area contributed by atoms with E-state index in [0.29, 0.717) is 0 Å². The minimum atomic E-state index is 0.210. The summed E-state index contributed by atoms with van der Waals surface area (Å²) < 4.78 is 11.2. The summed E-state index contributed by atoms with van der Waals surface area (Å²) in [6, 6.07) is 8.57. The number of thiophene rings is 1. The number of piperazine rings is 1. The lowest BCUT2D eigenvalue weighted by atomic mass is 9.99.